The van der Waals surface area contributed by atoms with Crippen LogP contribution in [-0.2, 0) is 16.6 Å². The van der Waals surface area contributed by atoms with E-state index in [0.717, 1.165) is 31.7 Å². The van der Waals surface area contributed by atoms with Gasteiger partial charge in [-0.3, -0.25) is 9.69 Å². The maximum absolute atomic E-state index is 13.0. The third-order valence-electron chi connectivity index (χ3n) is 8.09. The lowest BCUT2D eigenvalue weighted by Gasteiger charge is -2.60. The number of Topliss-reactive ketones (excluding diaryl/α,β-unsaturated/α-hetero) is 1. The molecule has 5 heteroatoms. The van der Waals surface area contributed by atoms with Crippen LogP contribution in [0.5, 0.6) is 11.5 Å². The number of halogens is 1. The first-order valence-corrected chi connectivity index (χ1v) is 10.4. The fraction of sp³-hybridized carbons (Fsp3) is 0.682. The van der Waals surface area contributed by atoms with Gasteiger partial charge < -0.3 is 9.84 Å². The van der Waals surface area contributed by atoms with Gasteiger partial charge in [0.2, 0.25) is 0 Å². The topological polar surface area (TPSA) is 49.8 Å². The van der Waals surface area contributed by atoms with E-state index in [2.05, 4.69) is 17.9 Å². The summed E-state index contributed by atoms with van der Waals surface area (Å²) in [6.07, 6.45) is 6.14. The van der Waals surface area contributed by atoms with Crippen molar-refractivity contribution in [1.29, 1.82) is 0 Å². The number of ether oxygens (including phenoxy) is 1. The minimum Gasteiger partial charge on any atom is -0.504 e. The van der Waals surface area contributed by atoms with E-state index in [0.29, 0.717) is 30.0 Å². The van der Waals surface area contributed by atoms with Crippen molar-refractivity contribution in [2.45, 2.75) is 63.0 Å². The van der Waals surface area contributed by atoms with Crippen LogP contribution in [0.3, 0.4) is 0 Å². The Hall–Kier alpha value is -1.26. The molecule has 1 saturated heterocycles. The van der Waals surface area contributed by atoms with Crippen LogP contribution < -0.4 is 4.74 Å². The van der Waals surface area contributed by atoms with Gasteiger partial charge in [-0.25, -0.2) is 0 Å². The number of benzene rings is 1. The van der Waals surface area contributed by atoms with Crippen LogP contribution in [0.1, 0.15) is 50.2 Å². The third kappa shape index (κ3) is 2.17. The second-order valence-electron chi connectivity index (χ2n) is 9.31. The Morgan fingerprint density at radius 3 is 2.85 bits per heavy atom. The fourth-order valence-electron chi connectivity index (χ4n) is 6.91. The van der Waals surface area contributed by atoms with Gasteiger partial charge in [0, 0.05) is 30.0 Å². The van der Waals surface area contributed by atoms with E-state index in [1.807, 2.05) is 0 Å². The highest BCUT2D eigenvalue weighted by Gasteiger charge is 2.68. The molecule has 2 saturated carbocycles. The van der Waals surface area contributed by atoms with Gasteiger partial charge in [0.25, 0.3) is 0 Å². The summed E-state index contributed by atoms with van der Waals surface area (Å²) in [6.45, 7) is 4.54. The average Bonchev–Trinajstić information content (AvgIpc) is 3.38. The molecule has 2 aliphatic heterocycles. The monoisotopic (exact) mass is 389 g/mol. The summed E-state index contributed by atoms with van der Waals surface area (Å²) in [5.74, 6) is 2.91. The van der Waals surface area contributed by atoms with E-state index in [4.69, 9.17) is 4.74 Å². The summed E-state index contributed by atoms with van der Waals surface area (Å²) in [4.78, 5) is 15.8. The van der Waals surface area contributed by atoms with Crippen molar-refractivity contribution in [1.82, 2.24) is 4.90 Å². The van der Waals surface area contributed by atoms with Gasteiger partial charge in [-0.2, -0.15) is 0 Å². The normalized spacial score (nSPS) is 38.8. The number of carbonyl (C=O) groups excluding carboxylic acids is 1. The smallest absolute Gasteiger partial charge is 0.174 e. The van der Waals surface area contributed by atoms with Gasteiger partial charge in [0.15, 0.2) is 23.4 Å². The zero-order chi connectivity index (χ0) is 17.6. The summed E-state index contributed by atoms with van der Waals surface area (Å²) < 4.78 is 6.23. The van der Waals surface area contributed by atoms with Crippen LogP contribution in [-0.4, -0.2) is 41.0 Å². The molecule has 1 N–H and O–H groups in total. The molecule has 2 bridgehead atoms. The predicted molar refractivity (Wildman–Crippen MR) is 105 cm³/mol. The quantitative estimate of drug-likeness (QED) is 0.860. The van der Waals surface area contributed by atoms with E-state index < -0.39 is 0 Å². The third-order valence-corrected chi connectivity index (χ3v) is 8.09. The number of ketones is 1. The molecular weight excluding hydrogens is 362 g/mol. The predicted octanol–water partition coefficient (Wildman–Crippen LogP) is 3.47. The molecule has 5 atom stereocenters. The molecule has 3 fully saturated rings. The lowest BCUT2D eigenvalue weighted by Crippen LogP contribution is -2.68. The first kappa shape index (κ1) is 17.8. The summed E-state index contributed by atoms with van der Waals surface area (Å²) in [7, 11) is 0. The number of likely N-dealkylation sites (tertiary alicyclic amines) is 1. The summed E-state index contributed by atoms with van der Waals surface area (Å²) in [6, 6.07) is 4.38. The molecule has 1 spiro atoms. The van der Waals surface area contributed by atoms with Crippen LogP contribution in [0.2, 0.25) is 0 Å². The Balaban J connectivity index is 0.00000160. The molecule has 0 unspecified atom stereocenters. The number of hydrogen-bond donors (Lipinski definition) is 1. The molecule has 4 nitrogen and oxygen atoms in total. The minimum atomic E-state index is -0.372. The summed E-state index contributed by atoms with van der Waals surface area (Å²) in [5.41, 5.74) is 2.32. The molecule has 1 aromatic carbocycles. The molecule has 2 heterocycles. The fourth-order valence-corrected chi connectivity index (χ4v) is 6.91. The second-order valence-corrected chi connectivity index (χ2v) is 9.31. The van der Waals surface area contributed by atoms with Crippen LogP contribution in [0.4, 0.5) is 0 Å². The highest BCUT2D eigenvalue weighted by atomic mass is 35.5. The van der Waals surface area contributed by atoms with Crippen molar-refractivity contribution in [2.24, 2.45) is 17.8 Å². The van der Waals surface area contributed by atoms with Gasteiger partial charge >= 0.3 is 0 Å². The van der Waals surface area contributed by atoms with Crippen molar-refractivity contribution in [3.05, 3.63) is 23.3 Å². The van der Waals surface area contributed by atoms with Crippen molar-refractivity contribution in [3.63, 3.8) is 0 Å². The van der Waals surface area contributed by atoms with E-state index in [1.54, 1.807) is 6.07 Å². The Labute approximate surface area is 166 Å². The number of phenolic OH excluding ortho intramolecular Hbond substituents is 1. The van der Waals surface area contributed by atoms with Crippen LogP contribution in [0.15, 0.2) is 12.1 Å². The average molecular weight is 390 g/mol. The van der Waals surface area contributed by atoms with E-state index in [-0.39, 0.29) is 35.5 Å². The van der Waals surface area contributed by atoms with Gasteiger partial charge in [0.05, 0.1) is 0 Å². The van der Waals surface area contributed by atoms with Crippen molar-refractivity contribution in [3.8, 4) is 11.5 Å². The van der Waals surface area contributed by atoms with E-state index in [9.17, 15) is 9.90 Å². The zero-order valence-electron chi connectivity index (χ0n) is 15.8. The van der Waals surface area contributed by atoms with Crippen LogP contribution in [0.25, 0.3) is 0 Å². The minimum absolute atomic E-state index is 0. The number of carbonyl (C=O) groups is 1. The van der Waals surface area contributed by atoms with Crippen molar-refractivity contribution in [2.75, 3.05) is 13.1 Å². The number of rotatable bonds is 3. The van der Waals surface area contributed by atoms with Crippen LogP contribution in [0, 0.1) is 17.8 Å². The molecule has 1 aromatic rings. The van der Waals surface area contributed by atoms with Crippen LogP contribution >= 0.6 is 12.4 Å². The SMILES string of the molecule is CC[C@@H]1CC(=O)[C@@H]2Oc3c(O)ccc4c3[C@@]23CCN(CC2CC2)[C@H](C4)[C@H]13.Cl. The molecule has 27 heavy (non-hydrogen) atoms. The highest BCUT2D eigenvalue weighted by Crippen LogP contribution is 2.64. The zero-order valence-corrected chi connectivity index (χ0v) is 16.6. The standard InChI is InChI=1S/C22H27NO3.ClH/c1-2-13-10-17(25)21-22-7-8-23(11-12-3-4-12)15(18(13)22)9-14-5-6-16(24)20(26-21)19(14)22;/h5-6,12-13,15,18,21,24H,2-4,7-11H2,1H3;1H/t13-,15-,18+,21+,22+;/m1./s1. The van der Waals surface area contributed by atoms with Gasteiger partial charge in [-0.05, 0) is 61.6 Å². The number of nitrogens with zero attached hydrogens (tertiary/aromatic N) is 1. The largest absolute Gasteiger partial charge is 0.504 e. The highest BCUT2D eigenvalue weighted by molar-refractivity contribution is 5.89. The van der Waals surface area contributed by atoms with Gasteiger partial charge in [-0.1, -0.05) is 19.4 Å². The summed E-state index contributed by atoms with van der Waals surface area (Å²) >= 11 is 0. The van der Waals surface area contributed by atoms with E-state index in [1.165, 1.54) is 30.5 Å². The first-order chi connectivity index (χ1) is 12.6. The number of hydrogen-bond acceptors (Lipinski definition) is 4. The molecule has 0 aromatic heterocycles. The molecule has 3 aliphatic carbocycles. The van der Waals surface area contributed by atoms with Crippen molar-refractivity contribution >= 4 is 18.2 Å². The second kappa shape index (κ2) is 5.87. The lowest BCUT2D eigenvalue weighted by molar-refractivity contribution is -0.145. The number of aromatic hydroxyl groups is 1. The molecule has 6 rings (SSSR count). The molecule has 146 valence electrons. The van der Waals surface area contributed by atoms with Gasteiger partial charge in [-0.15, -0.1) is 12.4 Å². The Morgan fingerprint density at radius 2 is 2.11 bits per heavy atom. The molecule has 5 aliphatic rings. The van der Waals surface area contributed by atoms with Gasteiger partial charge in [0.1, 0.15) is 0 Å². The Bertz CT molecular complexity index is 807. The van der Waals surface area contributed by atoms with E-state index >= 15 is 0 Å². The molecule has 0 amide bonds. The maximum Gasteiger partial charge on any atom is 0.174 e. The Kier molecular flexibility index (Phi) is 3.87. The molecule has 0 radical (unpaired) electrons. The maximum atomic E-state index is 13.0. The number of phenols is 1. The first-order valence-electron chi connectivity index (χ1n) is 10.4. The number of piperidine rings is 1. The summed E-state index contributed by atoms with van der Waals surface area (Å²) in [5, 5.41) is 10.4. The lowest BCUT2D eigenvalue weighted by atomic mass is 9.48. The Morgan fingerprint density at radius 1 is 1.30 bits per heavy atom. The van der Waals surface area contributed by atoms with Crippen molar-refractivity contribution < 1.29 is 14.6 Å². The molecular formula is C22H28ClNO3.